The minimum Gasteiger partial charge on any atom is -0.351 e. The summed E-state index contributed by atoms with van der Waals surface area (Å²) in [6.07, 6.45) is 3.45. The molecule has 1 amide bonds. The molecule has 1 unspecified atom stereocenters. The van der Waals surface area contributed by atoms with Crippen LogP contribution >= 0.6 is 27.7 Å². The van der Waals surface area contributed by atoms with Crippen LogP contribution in [0.1, 0.15) is 12.5 Å². The molecule has 1 aromatic carbocycles. The van der Waals surface area contributed by atoms with Crippen LogP contribution in [0.25, 0.3) is 0 Å². The number of rotatable bonds is 5. The number of thioether (sulfide) groups is 1. The number of nitrogens with one attached hydrogen (secondary N) is 1. The van der Waals surface area contributed by atoms with E-state index >= 15 is 0 Å². The predicted octanol–water partition coefficient (Wildman–Crippen LogP) is 3.64. The first-order chi connectivity index (χ1) is 9.65. The van der Waals surface area contributed by atoms with Crippen LogP contribution < -0.4 is 5.32 Å². The van der Waals surface area contributed by atoms with Gasteiger partial charge >= 0.3 is 0 Å². The van der Waals surface area contributed by atoms with E-state index in [1.165, 1.54) is 0 Å². The molecule has 1 aromatic heterocycles. The Morgan fingerprint density at radius 3 is 2.55 bits per heavy atom. The summed E-state index contributed by atoms with van der Waals surface area (Å²) in [5, 5.41) is 2.81. The van der Waals surface area contributed by atoms with Gasteiger partial charge in [0.1, 0.15) is 0 Å². The molecular formula is C15H15BrN2OS. The van der Waals surface area contributed by atoms with Gasteiger partial charge in [-0.3, -0.25) is 9.78 Å². The number of benzene rings is 1. The largest absolute Gasteiger partial charge is 0.351 e. The quantitative estimate of drug-likeness (QED) is 0.837. The average molecular weight is 351 g/mol. The Hall–Kier alpha value is -1.33. The van der Waals surface area contributed by atoms with Crippen molar-refractivity contribution >= 4 is 33.6 Å². The summed E-state index contributed by atoms with van der Waals surface area (Å²) in [4.78, 5) is 17.1. The molecule has 104 valence electrons. The summed E-state index contributed by atoms with van der Waals surface area (Å²) in [6.45, 7) is 2.45. The van der Waals surface area contributed by atoms with Crippen LogP contribution in [-0.2, 0) is 11.3 Å². The van der Waals surface area contributed by atoms with Gasteiger partial charge in [-0.1, -0.05) is 15.9 Å². The van der Waals surface area contributed by atoms with Crippen LogP contribution in [-0.4, -0.2) is 16.1 Å². The Bertz CT molecular complexity index is 560. The zero-order chi connectivity index (χ0) is 14.4. The van der Waals surface area contributed by atoms with Gasteiger partial charge < -0.3 is 5.32 Å². The number of hydrogen-bond acceptors (Lipinski definition) is 3. The lowest BCUT2D eigenvalue weighted by Crippen LogP contribution is -2.30. The Labute approximate surface area is 131 Å². The summed E-state index contributed by atoms with van der Waals surface area (Å²) in [6, 6.07) is 11.7. The van der Waals surface area contributed by atoms with Gasteiger partial charge in [0.25, 0.3) is 0 Å². The molecule has 2 aromatic rings. The molecule has 1 N–H and O–H groups in total. The van der Waals surface area contributed by atoms with Crippen LogP contribution in [0.4, 0.5) is 0 Å². The summed E-state index contributed by atoms with van der Waals surface area (Å²) < 4.78 is 1.04. The maximum Gasteiger partial charge on any atom is 0.233 e. The molecule has 0 bridgehead atoms. The Balaban J connectivity index is 1.84. The van der Waals surface area contributed by atoms with Crippen LogP contribution in [0.15, 0.2) is 58.2 Å². The van der Waals surface area contributed by atoms with E-state index in [-0.39, 0.29) is 11.2 Å². The number of nitrogens with zero attached hydrogens (tertiary/aromatic N) is 1. The zero-order valence-electron chi connectivity index (χ0n) is 11.0. The summed E-state index contributed by atoms with van der Waals surface area (Å²) in [7, 11) is 0. The highest BCUT2D eigenvalue weighted by molar-refractivity contribution is 9.10. The molecule has 0 spiro atoms. The van der Waals surface area contributed by atoms with E-state index < -0.39 is 0 Å². The first kappa shape index (κ1) is 15.1. The normalized spacial score (nSPS) is 11.9. The first-order valence-corrected chi connectivity index (χ1v) is 7.91. The van der Waals surface area contributed by atoms with Gasteiger partial charge in [0.15, 0.2) is 0 Å². The molecule has 3 nitrogen and oxygen atoms in total. The van der Waals surface area contributed by atoms with Gasteiger partial charge in [0.2, 0.25) is 5.91 Å². The van der Waals surface area contributed by atoms with E-state index in [0.717, 1.165) is 14.9 Å². The van der Waals surface area contributed by atoms with Crippen molar-refractivity contribution in [1.82, 2.24) is 10.3 Å². The fourth-order valence-electron chi connectivity index (χ4n) is 1.60. The summed E-state index contributed by atoms with van der Waals surface area (Å²) in [5.41, 5.74) is 1.05. The van der Waals surface area contributed by atoms with Gasteiger partial charge in [0.05, 0.1) is 5.25 Å². The number of carbonyl (C=O) groups excluding carboxylic acids is 1. The number of pyridine rings is 1. The molecule has 0 radical (unpaired) electrons. The fourth-order valence-corrected chi connectivity index (χ4v) is 2.76. The number of carbonyl (C=O) groups is 1. The number of aromatic nitrogens is 1. The van der Waals surface area contributed by atoms with E-state index in [2.05, 4.69) is 26.2 Å². The standard InChI is InChI=1S/C15H15BrN2OS/c1-11(20-14-4-2-13(16)3-5-14)15(19)18-10-12-6-8-17-9-7-12/h2-9,11H,10H2,1H3,(H,18,19). The van der Waals surface area contributed by atoms with Crippen LogP contribution in [0.3, 0.4) is 0 Å². The monoisotopic (exact) mass is 350 g/mol. The molecule has 0 aliphatic heterocycles. The minimum absolute atomic E-state index is 0.0368. The van der Waals surface area contributed by atoms with Crippen LogP contribution in [0.2, 0.25) is 0 Å². The van der Waals surface area contributed by atoms with E-state index in [0.29, 0.717) is 6.54 Å². The van der Waals surface area contributed by atoms with E-state index in [1.54, 1.807) is 24.2 Å². The van der Waals surface area contributed by atoms with Crippen molar-refractivity contribution in [1.29, 1.82) is 0 Å². The van der Waals surface area contributed by atoms with Crippen molar-refractivity contribution < 1.29 is 4.79 Å². The molecule has 2 rings (SSSR count). The smallest absolute Gasteiger partial charge is 0.233 e. The van der Waals surface area contributed by atoms with E-state index in [4.69, 9.17) is 0 Å². The van der Waals surface area contributed by atoms with Gasteiger partial charge in [-0.15, -0.1) is 11.8 Å². The maximum absolute atomic E-state index is 12.0. The Morgan fingerprint density at radius 2 is 1.90 bits per heavy atom. The third kappa shape index (κ3) is 4.65. The SMILES string of the molecule is CC(Sc1ccc(Br)cc1)C(=O)NCc1ccncc1. The second kappa shape index (κ2) is 7.45. The Morgan fingerprint density at radius 1 is 1.25 bits per heavy atom. The van der Waals surface area contributed by atoms with Gasteiger partial charge in [0, 0.05) is 28.3 Å². The van der Waals surface area contributed by atoms with Crippen LogP contribution in [0, 0.1) is 0 Å². The third-order valence-corrected chi connectivity index (χ3v) is 4.35. The fraction of sp³-hybridized carbons (Fsp3) is 0.200. The molecule has 1 atom stereocenters. The second-order valence-electron chi connectivity index (χ2n) is 4.29. The van der Waals surface area contributed by atoms with E-state index in [9.17, 15) is 4.79 Å². The van der Waals surface area contributed by atoms with Crippen molar-refractivity contribution in [3.8, 4) is 0 Å². The molecule has 0 aliphatic rings. The van der Waals surface area contributed by atoms with Crippen molar-refractivity contribution in [2.24, 2.45) is 0 Å². The molecule has 5 heteroatoms. The predicted molar refractivity (Wildman–Crippen MR) is 85.5 cm³/mol. The lowest BCUT2D eigenvalue weighted by Gasteiger charge is -2.12. The lowest BCUT2D eigenvalue weighted by molar-refractivity contribution is -0.120. The third-order valence-electron chi connectivity index (χ3n) is 2.71. The van der Waals surface area contributed by atoms with Crippen molar-refractivity contribution in [2.45, 2.75) is 23.6 Å². The maximum atomic E-state index is 12.0. The highest BCUT2D eigenvalue weighted by Crippen LogP contribution is 2.24. The zero-order valence-corrected chi connectivity index (χ0v) is 13.4. The average Bonchev–Trinajstić information content (AvgIpc) is 2.48. The topological polar surface area (TPSA) is 42.0 Å². The molecule has 0 saturated carbocycles. The molecule has 20 heavy (non-hydrogen) atoms. The molecule has 0 saturated heterocycles. The summed E-state index contributed by atoms with van der Waals surface area (Å²) in [5.74, 6) is 0.0368. The number of halogens is 1. The molecular weight excluding hydrogens is 336 g/mol. The molecule has 1 heterocycles. The minimum atomic E-state index is -0.127. The van der Waals surface area contributed by atoms with Crippen molar-refractivity contribution in [2.75, 3.05) is 0 Å². The van der Waals surface area contributed by atoms with Crippen molar-refractivity contribution in [3.63, 3.8) is 0 Å². The van der Waals surface area contributed by atoms with Crippen molar-refractivity contribution in [3.05, 3.63) is 58.8 Å². The van der Waals surface area contributed by atoms with Gasteiger partial charge in [-0.2, -0.15) is 0 Å². The van der Waals surface area contributed by atoms with Crippen LogP contribution in [0.5, 0.6) is 0 Å². The van der Waals surface area contributed by atoms with Gasteiger partial charge in [-0.25, -0.2) is 0 Å². The Kier molecular flexibility index (Phi) is 5.61. The number of amides is 1. The number of hydrogen-bond donors (Lipinski definition) is 1. The van der Waals surface area contributed by atoms with E-state index in [1.807, 2.05) is 43.3 Å². The molecule has 0 fully saturated rings. The van der Waals surface area contributed by atoms with Gasteiger partial charge in [-0.05, 0) is 48.9 Å². The highest BCUT2D eigenvalue weighted by Gasteiger charge is 2.13. The highest BCUT2D eigenvalue weighted by atomic mass is 79.9. The summed E-state index contributed by atoms with van der Waals surface area (Å²) >= 11 is 4.95. The lowest BCUT2D eigenvalue weighted by atomic mass is 10.2. The molecule has 0 aliphatic carbocycles. The first-order valence-electron chi connectivity index (χ1n) is 6.24. The second-order valence-corrected chi connectivity index (χ2v) is 6.62.